The van der Waals surface area contributed by atoms with E-state index in [-0.39, 0.29) is 5.76 Å². The minimum atomic E-state index is -0.678. The van der Waals surface area contributed by atoms with Crippen LogP contribution < -0.4 is 4.74 Å². The molecule has 1 aliphatic rings. The molecule has 0 spiro atoms. The molecule has 1 N–H and O–H groups in total. The number of fused-ring (bicyclic) bond motifs is 1. The maximum Gasteiger partial charge on any atom is 0.140 e. The summed E-state index contributed by atoms with van der Waals surface area (Å²) < 4.78 is 12.4. The van der Waals surface area contributed by atoms with Gasteiger partial charge in [-0.1, -0.05) is 36.9 Å². The van der Waals surface area contributed by atoms with Gasteiger partial charge in [-0.25, -0.2) is 0 Å². The molecule has 0 bridgehead atoms. The van der Waals surface area contributed by atoms with Crippen molar-refractivity contribution in [2.75, 3.05) is 6.61 Å². The summed E-state index contributed by atoms with van der Waals surface area (Å²) >= 11 is 0. The molecule has 2 heterocycles. The Kier molecular flexibility index (Phi) is 5.37. The second-order valence-electron chi connectivity index (χ2n) is 10.2. The van der Waals surface area contributed by atoms with Crippen molar-refractivity contribution in [3.8, 4) is 16.9 Å². The lowest BCUT2D eigenvalue weighted by atomic mass is 9.85. The minimum absolute atomic E-state index is 0.00948. The van der Waals surface area contributed by atoms with Gasteiger partial charge in [0.25, 0.3) is 0 Å². The first-order chi connectivity index (χ1) is 16.1. The maximum atomic E-state index is 10.7. The number of nitrogens with zero attached hydrogens (tertiary/aromatic N) is 1. The van der Waals surface area contributed by atoms with Gasteiger partial charge in [0.1, 0.15) is 17.6 Å². The number of hydrogen-bond donors (Lipinski definition) is 1. The van der Waals surface area contributed by atoms with Crippen molar-refractivity contribution in [1.29, 1.82) is 0 Å². The number of aryl methyl sites for hydroxylation is 2. The maximum absolute atomic E-state index is 10.7. The zero-order valence-corrected chi connectivity index (χ0v) is 20.5. The van der Waals surface area contributed by atoms with E-state index in [1.54, 1.807) is 0 Å². The lowest BCUT2D eigenvalue weighted by Crippen LogP contribution is -2.24. The van der Waals surface area contributed by atoms with Crippen LogP contribution in [0.1, 0.15) is 49.3 Å². The molecule has 174 valence electrons. The molecule has 5 rings (SSSR count). The summed E-state index contributed by atoms with van der Waals surface area (Å²) in [7, 11) is 0. The fourth-order valence-electron chi connectivity index (χ4n) is 5.06. The van der Waals surface area contributed by atoms with Crippen LogP contribution in [0.5, 0.6) is 5.75 Å². The number of aromatic nitrogens is 1. The van der Waals surface area contributed by atoms with Crippen molar-refractivity contribution in [3.05, 3.63) is 83.3 Å². The molecular weight excluding hydrogens is 422 g/mol. The third-order valence-corrected chi connectivity index (χ3v) is 6.40. The molecule has 0 fully saturated rings. The first-order valence-electron chi connectivity index (χ1n) is 11.8. The molecule has 1 aliphatic heterocycles. The molecule has 0 radical (unpaired) electrons. The first-order valence-corrected chi connectivity index (χ1v) is 11.8. The molecule has 34 heavy (non-hydrogen) atoms. The summed E-state index contributed by atoms with van der Waals surface area (Å²) in [5, 5.41) is 14.0. The van der Waals surface area contributed by atoms with Gasteiger partial charge in [-0.05, 0) is 86.0 Å². The highest BCUT2D eigenvalue weighted by Gasteiger charge is 2.29. The van der Waals surface area contributed by atoms with Gasteiger partial charge in [-0.15, -0.1) is 0 Å². The molecule has 0 aliphatic carbocycles. The number of aliphatic hydroxyl groups excluding tert-OH is 1. The van der Waals surface area contributed by atoms with Crippen molar-refractivity contribution in [2.45, 2.75) is 52.7 Å². The Morgan fingerprint density at radius 2 is 1.88 bits per heavy atom. The van der Waals surface area contributed by atoms with E-state index in [0.29, 0.717) is 6.61 Å². The van der Waals surface area contributed by atoms with E-state index in [1.807, 2.05) is 33.8 Å². The normalized spacial score (nSPS) is 14.3. The Bertz CT molecular complexity index is 1440. The molecular formula is C30H31NO3. The highest BCUT2D eigenvalue weighted by Crippen LogP contribution is 2.46. The fraction of sp³-hybridized carbons (Fsp3) is 0.300. The Hall–Kier alpha value is -3.37. The molecule has 0 amide bonds. The number of aliphatic hydroxyl groups is 1. The second-order valence-corrected chi connectivity index (χ2v) is 10.2. The van der Waals surface area contributed by atoms with Crippen molar-refractivity contribution < 1.29 is 14.6 Å². The van der Waals surface area contributed by atoms with Crippen LogP contribution in [0.25, 0.3) is 32.8 Å². The quantitative estimate of drug-likeness (QED) is 0.324. The third-order valence-electron chi connectivity index (χ3n) is 6.40. The van der Waals surface area contributed by atoms with Crippen molar-refractivity contribution in [3.63, 3.8) is 0 Å². The van der Waals surface area contributed by atoms with E-state index in [1.165, 1.54) is 5.56 Å². The number of hydrogen-bond acceptors (Lipinski definition) is 4. The molecule has 4 heteroatoms. The molecule has 1 atom stereocenters. The van der Waals surface area contributed by atoms with Crippen molar-refractivity contribution in [2.24, 2.45) is 0 Å². The number of rotatable bonds is 4. The summed E-state index contributed by atoms with van der Waals surface area (Å²) in [4.78, 5) is 4.83. The van der Waals surface area contributed by atoms with E-state index in [2.05, 4.69) is 56.0 Å². The van der Waals surface area contributed by atoms with Crippen LogP contribution in [-0.4, -0.2) is 22.3 Å². The summed E-state index contributed by atoms with van der Waals surface area (Å²) in [6, 6.07) is 16.9. The van der Waals surface area contributed by atoms with E-state index in [9.17, 15) is 5.11 Å². The Morgan fingerprint density at radius 3 is 2.62 bits per heavy atom. The highest BCUT2D eigenvalue weighted by molar-refractivity contribution is 6.09. The Balaban J connectivity index is 1.91. The SMILES string of the molecule is C=C(O)[C@@H](OC(C)(C)C)c1c(C)cc2nc(C)ccc2c1-c1ccc2c3c(cccc13)CCO2. The van der Waals surface area contributed by atoms with Crippen LogP contribution in [0.4, 0.5) is 0 Å². The van der Waals surface area contributed by atoms with Gasteiger partial charge in [0.15, 0.2) is 0 Å². The monoisotopic (exact) mass is 453 g/mol. The van der Waals surface area contributed by atoms with E-state index in [0.717, 1.165) is 61.8 Å². The van der Waals surface area contributed by atoms with Crippen LogP contribution in [0.15, 0.2) is 60.9 Å². The van der Waals surface area contributed by atoms with Gasteiger partial charge in [0.2, 0.25) is 0 Å². The van der Waals surface area contributed by atoms with E-state index >= 15 is 0 Å². The van der Waals surface area contributed by atoms with Crippen molar-refractivity contribution >= 4 is 21.7 Å². The average Bonchev–Trinajstić information content (AvgIpc) is 2.77. The highest BCUT2D eigenvalue weighted by atomic mass is 16.5. The fourth-order valence-corrected chi connectivity index (χ4v) is 5.06. The van der Waals surface area contributed by atoms with Gasteiger partial charge < -0.3 is 14.6 Å². The zero-order chi connectivity index (χ0) is 24.2. The van der Waals surface area contributed by atoms with Gasteiger partial charge >= 0.3 is 0 Å². The van der Waals surface area contributed by atoms with Gasteiger partial charge in [0, 0.05) is 22.9 Å². The lowest BCUT2D eigenvalue weighted by molar-refractivity contribution is -0.0594. The topological polar surface area (TPSA) is 51.6 Å². The minimum Gasteiger partial charge on any atom is -0.510 e. The smallest absolute Gasteiger partial charge is 0.140 e. The first kappa shape index (κ1) is 22.4. The van der Waals surface area contributed by atoms with Crippen LogP contribution in [-0.2, 0) is 11.2 Å². The predicted octanol–water partition coefficient (Wildman–Crippen LogP) is 7.53. The van der Waals surface area contributed by atoms with Gasteiger partial charge in [-0.3, -0.25) is 4.98 Å². The van der Waals surface area contributed by atoms with E-state index < -0.39 is 11.7 Å². The Labute approximate surface area is 200 Å². The number of benzene rings is 3. The standard InChI is InChI=1S/C30H31NO3/c1-17-16-24-23(11-10-18(2)31-24)28(26(17)29(19(3)32)34-30(4,5)6)22-12-13-25-27-20(14-15-33-25)8-7-9-21(22)27/h7-13,16,29,32H,3,14-15H2,1-2,4-6H3/t29-/m1/s1. The second kappa shape index (κ2) is 8.14. The lowest BCUT2D eigenvalue weighted by Gasteiger charge is -2.31. The van der Waals surface area contributed by atoms with Gasteiger partial charge in [0.05, 0.1) is 17.7 Å². The largest absolute Gasteiger partial charge is 0.510 e. The predicted molar refractivity (Wildman–Crippen MR) is 139 cm³/mol. The molecule has 1 aromatic heterocycles. The zero-order valence-electron chi connectivity index (χ0n) is 20.5. The Morgan fingerprint density at radius 1 is 1.09 bits per heavy atom. The summed E-state index contributed by atoms with van der Waals surface area (Å²) in [6.45, 7) is 14.6. The summed E-state index contributed by atoms with van der Waals surface area (Å²) in [5.74, 6) is 0.909. The van der Waals surface area contributed by atoms with Crippen LogP contribution in [0.3, 0.4) is 0 Å². The van der Waals surface area contributed by atoms with Gasteiger partial charge in [-0.2, -0.15) is 0 Å². The summed E-state index contributed by atoms with van der Waals surface area (Å²) in [5.41, 5.74) is 6.71. The number of pyridine rings is 1. The molecule has 3 aromatic carbocycles. The summed E-state index contributed by atoms with van der Waals surface area (Å²) in [6.07, 6.45) is 0.210. The number of ether oxygens (including phenoxy) is 2. The van der Waals surface area contributed by atoms with Crippen LogP contribution in [0, 0.1) is 13.8 Å². The molecule has 4 aromatic rings. The van der Waals surface area contributed by atoms with Crippen LogP contribution >= 0.6 is 0 Å². The van der Waals surface area contributed by atoms with Crippen molar-refractivity contribution in [1.82, 2.24) is 4.98 Å². The molecule has 0 unspecified atom stereocenters. The van der Waals surface area contributed by atoms with Crippen LogP contribution in [0.2, 0.25) is 0 Å². The molecule has 4 nitrogen and oxygen atoms in total. The average molecular weight is 454 g/mol. The molecule has 0 saturated heterocycles. The molecule has 0 saturated carbocycles. The van der Waals surface area contributed by atoms with E-state index in [4.69, 9.17) is 14.5 Å². The third kappa shape index (κ3) is 3.82.